The van der Waals surface area contributed by atoms with Gasteiger partial charge < -0.3 is 15.4 Å². The Morgan fingerprint density at radius 1 is 1.11 bits per heavy atom. The Morgan fingerprint density at radius 3 is 2.46 bits per heavy atom. The van der Waals surface area contributed by atoms with Crippen LogP contribution < -0.4 is 15.4 Å². The molecule has 152 valence electrons. The number of rotatable bonds is 9. The zero-order valence-corrected chi connectivity index (χ0v) is 19.2. The molecule has 0 fully saturated rings. The fourth-order valence-corrected chi connectivity index (χ4v) is 3.88. The molecule has 0 atom stereocenters. The monoisotopic (exact) mass is 533 g/mol. The Bertz CT molecular complexity index is 906. The maximum atomic E-state index is 12.1. The van der Waals surface area contributed by atoms with Gasteiger partial charge in [-0.25, -0.2) is 0 Å². The molecule has 2 aromatic rings. The van der Waals surface area contributed by atoms with E-state index in [1.165, 1.54) is 12.1 Å². The predicted molar refractivity (Wildman–Crippen MR) is 115 cm³/mol. The van der Waals surface area contributed by atoms with E-state index in [0.717, 1.165) is 14.5 Å². The van der Waals surface area contributed by atoms with Crippen molar-refractivity contribution >= 4 is 47.9 Å². The van der Waals surface area contributed by atoms with Crippen LogP contribution in [0.4, 0.5) is 0 Å². The van der Waals surface area contributed by atoms with Crippen LogP contribution in [-0.4, -0.2) is 34.6 Å². The second kappa shape index (κ2) is 10.8. The van der Waals surface area contributed by atoms with Crippen LogP contribution in [0.25, 0.3) is 0 Å². The first-order chi connectivity index (χ1) is 13.3. The van der Waals surface area contributed by atoms with Gasteiger partial charge in [0, 0.05) is 24.5 Å². The van der Waals surface area contributed by atoms with Crippen LogP contribution >= 0.6 is 31.9 Å². The molecule has 0 aliphatic heterocycles. The number of ether oxygens (including phenoxy) is 1. The summed E-state index contributed by atoms with van der Waals surface area (Å²) >= 11 is 6.72. The highest BCUT2D eigenvalue weighted by Crippen LogP contribution is 2.26. The standard InChI is InChI=1S/C18H21Br2N3O4S/c1-22-18(21)23-12-13-3-8-17(16(20)11-13)26-9-2-10-27-28(24,25)15-6-4-14(19)5-7-15/h3-8,11H,2,9-10,12H2,1H3,(H3,21,22,23). The first-order valence-corrected chi connectivity index (χ1v) is 11.4. The van der Waals surface area contributed by atoms with Crippen molar-refractivity contribution in [3.8, 4) is 5.75 Å². The van der Waals surface area contributed by atoms with Crippen molar-refractivity contribution in [1.82, 2.24) is 10.6 Å². The summed E-state index contributed by atoms with van der Waals surface area (Å²) in [5, 5.41) is 13.1. The van der Waals surface area contributed by atoms with Crippen LogP contribution in [-0.2, 0) is 20.8 Å². The second-order valence-corrected chi connectivity index (χ2v) is 9.06. The number of benzene rings is 2. The van der Waals surface area contributed by atoms with Gasteiger partial charge in [0.15, 0.2) is 5.96 Å². The molecular formula is C18H21Br2N3O4S. The average molecular weight is 535 g/mol. The van der Waals surface area contributed by atoms with Crippen molar-refractivity contribution < 1.29 is 17.3 Å². The van der Waals surface area contributed by atoms with Crippen molar-refractivity contribution in [3.05, 3.63) is 57.0 Å². The zero-order chi connectivity index (χ0) is 20.6. The highest BCUT2D eigenvalue weighted by Gasteiger charge is 2.14. The van der Waals surface area contributed by atoms with Gasteiger partial charge in [0.05, 0.1) is 22.6 Å². The lowest BCUT2D eigenvalue weighted by Crippen LogP contribution is -2.32. The largest absolute Gasteiger partial charge is 0.492 e. The number of guanidine groups is 1. The van der Waals surface area contributed by atoms with Gasteiger partial charge in [-0.2, -0.15) is 8.42 Å². The SMILES string of the molecule is CNC(=N)NCc1ccc(OCCCOS(=O)(=O)c2ccc(Br)cc2)c(Br)c1. The average Bonchev–Trinajstić information content (AvgIpc) is 2.67. The Hall–Kier alpha value is -1.62. The van der Waals surface area contributed by atoms with Crippen LogP contribution in [0.15, 0.2) is 56.3 Å². The first kappa shape index (κ1) is 22.7. The fraction of sp³-hybridized carbons (Fsp3) is 0.278. The quantitative estimate of drug-likeness (QED) is 0.196. The molecule has 2 aromatic carbocycles. The number of halogens is 2. The van der Waals surface area contributed by atoms with E-state index in [0.29, 0.717) is 25.3 Å². The Balaban J connectivity index is 1.77. The summed E-state index contributed by atoms with van der Waals surface area (Å²) < 4.78 is 36.5. The number of nitrogens with one attached hydrogen (secondary N) is 3. The summed E-state index contributed by atoms with van der Waals surface area (Å²) in [7, 11) is -2.09. The van der Waals surface area contributed by atoms with E-state index in [1.807, 2.05) is 18.2 Å². The molecule has 3 N–H and O–H groups in total. The van der Waals surface area contributed by atoms with E-state index in [-0.39, 0.29) is 17.5 Å². The molecule has 0 bridgehead atoms. The minimum atomic E-state index is -3.77. The van der Waals surface area contributed by atoms with Crippen LogP contribution in [0, 0.1) is 5.41 Å². The molecule has 2 rings (SSSR count). The Kier molecular flexibility index (Phi) is 8.74. The molecule has 0 spiro atoms. The molecule has 0 aliphatic carbocycles. The van der Waals surface area contributed by atoms with E-state index in [4.69, 9.17) is 14.3 Å². The molecule has 0 radical (unpaired) electrons. The molecule has 0 aliphatic rings. The van der Waals surface area contributed by atoms with Gasteiger partial charge in [-0.15, -0.1) is 0 Å². The van der Waals surface area contributed by atoms with E-state index >= 15 is 0 Å². The van der Waals surface area contributed by atoms with Crippen LogP contribution in [0.1, 0.15) is 12.0 Å². The van der Waals surface area contributed by atoms with Crippen molar-refractivity contribution in [2.45, 2.75) is 17.9 Å². The van der Waals surface area contributed by atoms with Crippen molar-refractivity contribution in [2.75, 3.05) is 20.3 Å². The van der Waals surface area contributed by atoms with Crippen LogP contribution in [0.5, 0.6) is 5.75 Å². The first-order valence-electron chi connectivity index (χ1n) is 8.38. The smallest absolute Gasteiger partial charge is 0.296 e. The highest BCUT2D eigenvalue weighted by molar-refractivity contribution is 9.10. The molecular weight excluding hydrogens is 514 g/mol. The summed E-state index contributed by atoms with van der Waals surface area (Å²) in [5.74, 6) is 0.901. The Morgan fingerprint density at radius 2 is 1.82 bits per heavy atom. The topological polar surface area (TPSA) is 101 Å². The molecule has 0 unspecified atom stereocenters. The summed E-state index contributed by atoms with van der Waals surface area (Å²) in [6.07, 6.45) is 0.421. The maximum absolute atomic E-state index is 12.1. The molecule has 0 saturated carbocycles. The van der Waals surface area contributed by atoms with Crippen molar-refractivity contribution in [3.63, 3.8) is 0 Å². The second-order valence-electron chi connectivity index (χ2n) is 5.68. The lowest BCUT2D eigenvalue weighted by Gasteiger charge is -2.11. The third-order valence-corrected chi connectivity index (χ3v) is 6.08. The highest BCUT2D eigenvalue weighted by atomic mass is 79.9. The molecule has 0 aromatic heterocycles. The minimum absolute atomic E-state index is 0.0319. The van der Waals surface area contributed by atoms with Crippen molar-refractivity contribution in [2.24, 2.45) is 0 Å². The van der Waals surface area contributed by atoms with Crippen LogP contribution in [0.2, 0.25) is 0 Å². The van der Waals surface area contributed by atoms with Crippen LogP contribution in [0.3, 0.4) is 0 Å². The third-order valence-electron chi connectivity index (χ3n) is 3.60. The lowest BCUT2D eigenvalue weighted by atomic mass is 10.2. The van der Waals surface area contributed by atoms with Gasteiger partial charge in [-0.05, 0) is 57.9 Å². The van der Waals surface area contributed by atoms with Crippen molar-refractivity contribution in [1.29, 1.82) is 5.41 Å². The lowest BCUT2D eigenvalue weighted by molar-refractivity contribution is 0.250. The van der Waals surface area contributed by atoms with E-state index in [2.05, 4.69) is 42.5 Å². The number of hydrogen-bond donors (Lipinski definition) is 3. The number of hydrogen-bond acceptors (Lipinski definition) is 5. The summed E-state index contributed by atoms with van der Waals surface area (Å²) in [5.41, 5.74) is 0.989. The van der Waals surface area contributed by atoms with E-state index in [1.54, 1.807) is 19.2 Å². The van der Waals surface area contributed by atoms with E-state index < -0.39 is 10.1 Å². The molecule has 28 heavy (non-hydrogen) atoms. The molecule has 10 heteroatoms. The summed E-state index contributed by atoms with van der Waals surface area (Å²) in [6.45, 7) is 0.862. The maximum Gasteiger partial charge on any atom is 0.296 e. The van der Waals surface area contributed by atoms with Gasteiger partial charge in [-0.3, -0.25) is 9.59 Å². The minimum Gasteiger partial charge on any atom is -0.492 e. The summed E-state index contributed by atoms with van der Waals surface area (Å²) in [4.78, 5) is 0.120. The van der Waals surface area contributed by atoms with E-state index in [9.17, 15) is 8.42 Å². The zero-order valence-electron chi connectivity index (χ0n) is 15.2. The van der Waals surface area contributed by atoms with Gasteiger partial charge >= 0.3 is 0 Å². The summed E-state index contributed by atoms with van der Waals surface area (Å²) in [6, 6.07) is 11.9. The van der Waals surface area contributed by atoms with Gasteiger partial charge in [-0.1, -0.05) is 22.0 Å². The predicted octanol–water partition coefficient (Wildman–Crippen LogP) is 3.63. The molecule has 0 heterocycles. The van der Waals surface area contributed by atoms with Gasteiger partial charge in [0.25, 0.3) is 10.1 Å². The Labute approximate surface area is 181 Å². The fourth-order valence-electron chi connectivity index (χ4n) is 2.13. The van der Waals surface area contributed by atoms with Gasteiger partial charge in [0.1, 0.15) is 5.75 Å². The molecule has 0 saturated heterocycles. The molecule has 7 nitrogen and oxygen atoms in total. The normalized spacial score (nSPS) is 11.1. The third kappa shape index (κ3) is 7.08. The molecule has 0 amide bonds. The van der Waals surface area contributed by atoms with Gasteiger partial charge in [0.2, 0.25) is 0 Å².